The Hall–Kier alpha value is -1.81. The highest BCUT2D eigenvalue weighted by molar-refractivity contribution is 8.00. The maximum Gasteiger partial charge on any atom is 0.110 e. The molecule has 0 atom stereocenters. The topological polar surface area (TPSA) is 37.3 Å². The van der Waals surface area contributed by atoms with Crippen molar-refractivity contribution in [1.82, 2.24) is 9.82 Å². The molecule has 4 heteroatoms. The van der Waals surface area contributed by atoms with Gasteiger partial charge in [0.05, 0.1) is 11.2 Å². The molecule has 0 saturated carbocycles. The second kappa shape index (κ2) is 3.98. The molecule has 0 fully saturated rings. The van der Waals surface area contributed by atoms with Crippen LogP contribution >= 0.6 is 11.9 Å². The summed E-state index contributed by atoms with van der Waals surface area (Å²) in [4.78, 5) is 7.43. The SMILES string of the molecule is C1=CC(c2ccc3ccccc3n2)=NNS1. The molecule has 0 radical (unpaired) electrons. The third kappa shape index (κ3) is 1.67. The van der Waals surface area contributed by atoms with E-state index in [9.17, 15) is 0 Å². The van der Waals surface area contributed by atoms with Crippen molar-refractivity contribution in [3.63, 3.8) is 0 Å². The fourth-order valence-corrected chi connectivity index (χ4v) is 2.00. The van der Waals surface area contributed by atoms with E-state index in [1.54, 1.807) is 0 Å². The molecular formula is C12H9N3S. The number of hydrazone groups is 1. The molecule has 1 aliphatic rings. The van der Waals surface area contributed by atoms with Gasteiger partial charge in [0.2, 0.25) is 0 Å². The predicted octanol–water partition coefficient (Wildman–Crippen LogP) is 2.70. The second-order valence-electron chi connectivity index (χ2n) is 3.40. The van der Waals surface area contributed by atoms with Gasteiger partial charge in [0.1, 0.15) is 5.71 Å². The molecule has 1 aliphatic heterocycles. The minimum atomic E-state index is 0.865. The predicted molar refractivity (Wildman–Crippen MR) is 68.1 cm³/mol. The first-order valence-corrected chi connectivity index (χ1v) is 5.82. The van der Waals surface area contributed by atoms with Crippen LogP contribution in [0.2, 0.25) is 0 Å². The van der Waals surface area contributed by atoms with Crippen molar-refractivity contribution < 1.29 is 0 Å². The van der Waals surface area contributed by atoms with E-state index in [1.807, 2.05) is 35.7 Å². The lowest BCUT2D eigenvalue weighted by Gasteiger charge is -2.06. The van der Waals surface area contributed by atoms with Gasteiger partial charge in [-0.1, -0.05) is 24.3 Å². The van der Waals surface area contributed by atoms with E-state index >= 15 is 0 Å². The summed E-state index contributed by atoms with van der Waals surface area (Å²) in [6, 6.07) is 12.1. The van der Waals surface area contributed by atoms with Crippen LogP contribution in [0, 0.1) is 0 Å². The summed E-state index contributed by atoms with van der Waals surface area (Å²) < 4.78 is 0. The van der Waals surface area contributed by atoms with Gasteiger partial charge in [-0.25, -0.2) is 9.82 Å². The van der Waals surface area contributed by atoms with Crippen LogP contribution in [0.4, 0.5) is 0 Å². The molecule has 0 spiro atoms. The Kier molecular flexibility index (Phi) is 2.34. The summed E-state index contributed by atoms with van der Waals surface area (Å²) in [7, 11) is 0. The molecule has 1 aromatic carbocycles. The molecule has 2 heterocycles. The Labute approximate surface area is 97.4 Å². The molecule has 0 saturated heterocycles. The third-order valence-electron chi connectivity index (χ3n) is 2.37. The lowest BCUT2D eigenvalue weighted by molar-refractivity contribution is 1.11. The maximum absolute atomic E-state index is 4.57. The lowest BCUT2D eigenvalue weighted by Crippen LogP contribution is -2.08. The van der Waals surface area contributed by atoms with Crippen molar-refractivity contribution in [3.05, 3.63) is 53.6 Å². The zero-order valence-electron chi connectivity index (χ0n) is 8.42. The summed E-state index contributed by atoms with van der Waals surface area (Å²) in [5.41, 5.74) is 2.75. The van der Waals surface area contributed by atoms with E-state index in [0.29, 0.717) is 0 Å². The van der Waals surface area contributed by atoms with Gasteiger partial charge in [0.25, 0.3) is 0 Å². The van der Waals surface area contributed by atoms with Gasteiger partial charge in [0, 0.05) is 5.39 Å². The fourth-order valence-electron chi connectivity index (χ4n) is 1.59. The highest BCUT2D eigenvalue weighted by Crippen LogP contribution is 2.14. The molecular weight excluding hydrogens is 218 g/mol. The summed E-state index contributed by atoms with van der Waals surface area (Å²) in [5.74, 6) is 0. The first-order chi connectivity index (χ1) is 7.93. The minimum absolute atomic E-state index is 0.865. The van der Waals surface area contributed by atoms with Gasteiger partial charge >= 0.3 is 0 Å². The first kappa shape index (κ1) is 9.42. The van der Waals surface area contributed by atoms with E-state index in [1.165, 1.54) is 11.9 Å². The van der Waals surface area contributed by atoms with Crippen LogP contribution in [0.3, 0.4) is 0 Å². The van der Waals surface area contributed by atoms with Crippen LogP contribution in [0.1, 0.15) is 5.69 Å². The first-order valence-electron chi connectivity index (χ1n) is 4.94. The van der Waals surface area contributed by atoms with Crippen LogP contribution in [0.25, 0.3) is 10.9 Å². The number of pyridine rings is 1. The summed E-state index contributed by atoms with van der Waals surface area (Å²) in [5, 5.41) is 7.29. The third-order valence-corrected chi connectivity index (χ3v) is 2.84. The number of benzene rings is 1. The lowest BCUT2D eigenvalue weighted by atomic mass is 10.1. The number of allylic oxidation sites excluding steroid dienone is 1. The number of hydrogen-bond acceptors (Lipinski definition) is 4. The number of para-hydroxylation sites is 1. The van der Waals surface area contributed by atoms with E-state index in [0.717, 1.165) is 22.3 Å². The van der Waals surface area contributed by atoms with E-state index in [-0.39, 0.29) is 0 Å². The van der Waals surface area contributed by atoms with Crippen molar-refractivity contribution >= 4 is 28.6 Å². The Balaban J connectivity index is 2.11. The number of nitrogens with one attached hydrogen (secondary N) is 1. The standard InChI is InChI=1S/C12H9N3S/c1-2-4-10-9(3-1)5-6-11(13-10)12-7-8-16-15-14-12/h1-8,15H. The number of fused-ring (bicyclic) bond motifs is 1. The van der Waals surface area contributed by atoms with Crippen LogP contribution in [-0.2, 0) is 0 Å². The smallest absolute Gasteiger partial charge is 0.110 e. The average Bonchev–Trinajstić information content (AvgIpc) is 2.39. The van der Waals surface area contributed by atoms with E-state index in [2.05, 4.69) is 27.0 Å². The van der Waals surface area contributed by atoms with Gasteiger partial charge in [-0.15, -0.1) is 0 Å². The molecule has 0 aliphatic carbocycles. The van der Waals surface area contributed by atoms with Crippen molar-refractivity contribution in [2.75, 3.05) is 0 Å². The molecule has 1 aromatic heterocycles. The largest absolute Gasteiger partial charge is 0.247 e. The summed E-state index contributed by atoms with van der Waals surface area (Å²) >= 11 is 1.45. The van der Waals surface area contributed by atoms with E-state index < -0.39 is 0 Å². The van der Waals surface area contributed by atoms with Gasteiger partial charge < -0.3 is 0 Å². The molecule has 16 heavy (non-hydrogen) atoms. The van der Waals surface area contributed by atoms with Crippen LogP contribution in [0.15, 0.2) is 53.0 Å². The summed E-state index contributed by atoms with van der Waals surface area (Å²) in [6.07, 6.45) is 1.96. The van der Waals surface area contributed by atoms with E-state index in [4.69, 9.17) is 0 Å². The summed E-state index contributed by atoms with van der Waals surface area (Å²) in [6.45, 7) is 0. The molecule has 3 rings (SSSR count). The molecule has 78 valence electrons. The molecule has 0 bridgehead atoms. The van der Waals surface area contributed by atoms with Crippen molar-refractivity contribution in [2.24, 2.45) is 5.10 Å². The van der Waals surface area contributed by atoms with Gasteiger partial charge in [0.15, 0.2) is 0 Å². The minimum Gasteiger partial charge on any atom is -0.247 e. The zero-order chi connectivity index (χ0) is 10.8. The maximum atomic E-state index is 4.57. The van der Waals surface area contributed by atoms with Crippen molar-refractivity contribution in [3.8, 4) is 0 Å². The Morgan fingerprint density at radius 2 is 2.00 bits per heavy atom. The molecule has 0 amide bonds. The highest BCUT2D eigenvalue weighted by Gasteiger charge is 2.05. The van der Waals surface area contributed by atoms with Crippen molar-refractivity contribution in [2.45, 2.75) is 0 Å². The van der Waals surface area contributed by atoms with Gasteiger partial charge in [-0.05, 0) is 35.6 Å². The quantitative estimate of drug-likeness (QED) is 0.761. The van der Waals surface area contributed by atoms with Crippen LogP contribution in [0.5, 0.6) is 0 Å². The van der Waals surface area contributed by atoms with Crippen molar-refractivity contribution in [1.29, 1.82) is 0 Å². The van der Waals surface area contributed by atoms with Gasteiger partial charge in [-0.3, -0.25) is 0 Å². The highest BCUT2D eigenvalue weighted by atomic mass is 32.2. The number of rotatable bonds is 1. The fraction of sp³-hybridized carbons (Fsp3) is 0. The Bertz CT molecular complexity index is 590. The normalized spacial score (nSPS) is 14.6. The average molecular weight is 227 g/mol. The molecule has 0 unspecified atom stereocenters. The number of aromatic nitrogens is 1. The molecule has 3 nitrogen and oxygen atoms in total. The number of nitrogens with zero attached hydrogens (tertiary/aromatic N) is 2. The second-order valence-corrected chi connectivity index (χ2v) is 4.09. The zero-order valence-corrected chi connectivity index (χ0v) is 9.24. The Morgan fingerprint density at radius 1 is 1.06 bits per heavy atom. The Morgan fingerprint density at radius 3 is 2.88 bits per heavy atom. The van der Waals surface area contributed by atoms with Gasteiger partial charge in [-0.2, -0.15) is 5.10 Å². The van der Waals surface area contributed by atoms with Crippen LogP contribution in [-0.4, -0.2) is 10.7 Å². The molecule has 1 N–H and O–H groups in total. The number of hydrogen-bond donors (Lipinski definition) is 1. The monoisotopic (exact) mass is 227 g/mol. The van der Waals surface area contributed by atoms with Crippen LogP contribution < -0.4 is 4.83 Å². The molecule has 2 aromatic rings.